The van der Waals surface area contributed by atoms with E-state index in [9.17, 15) is 4.79 Å². The quantitative estimate of drug-likeness (QED) is 0.863. The molecule has 0 saturated heterocycles. The highest BCUT2D eigenvalue weighted by atomic mass is 16.1. The van der Waals surface area contributed by atoms with Crippen molar-refractivity contribution in [3.63, 3.8) is 0 Å². The van der Waals surface area contributed by atoms with Crippen molar-refractivity contribution < 1.29 is 4.79 Å². The van der Waals surface area contributed by atoms with Crippen molar-refractivity contribution in [3.05, 3.63) is 59.3 Å². The van der Waals surface area contributed by atoms with Crippen LogP contribution in [0, 0.1) is 0 Å². The summed E-state index contributed by atoms with van der Waals surface area (Å²) in [6.07, 6.45) is 3.27. The van der Waals surface area contributed by atoms with Crippen molar-refractivity contribution in [1.82, 2.24) is 9.78 Å². The van der Waals surface area contributed by atoms with Gasteiger partial charge in [0.2, 0.25) is 5.91 Å². The zero-order valence-electron chi connectivity index (χ0n) is 14.6. The van der Waals surface area contributed by atoms with E-state index in [4.69, 9.17) is 0 Å². The number of carbonyl (C=O) groups is 1. The molecule has 0 radical (unpaired) electrons. The van der Waals surface area contributed by atoms with Crippen LogP contribution in [-0.4, -0.2) is 15.7 Å². The number of amides is 1. The Bertz CT molecular complexity index is 699. The third kappa shape index (κ3) is 4.81. The van der Waals surface area contributed by atoms with E-state index in [2.05, 4.69) is 55.5 Å². The van der Waals surface area contributed by atoms with Crippen LogP contribution in [0.4, 0.5) is 5.82 Å². The summed E-state index contributed by atoms with van der Waals surface area (Å²) in [4.78, 5) is 11.9. The fourth-order valence-electron chi connectivity index (χ4n) is 2.27. The lowest BCUT2D eigenvalue weighted by Crippen LogP contribution is -2.14. The van der Waals surface area contributed by atoms with Crippen molar-refractivity contribution in [2.24, 2.45) is 0 Å². The molecule has 23 heavy (non-hydrogen) atoms. The second-order valence-electron chi connectivity index (χ2n) is 7.03. The fourth-order valence-corrected chi connectivity index (χ4v) is 2.27. The highest BCUT2D eigenvalue weighted by Crippen LogP contribution is 2.22. The summed E-state index contributed by atoms with van der Waals surface area (Å²) in [7, 11) is 0. The van der Waals surface area contributed by atoms with Gasteiger partial charge in [0, 0.05) is 12.1 Å². The molecule has 0 aliphatic heterocycles. The molecule has 2 aromatic rings. The number of nitrogens with one attached hydrogen (secondary N) is 1. The lowest BCUT2D eigenvalue weighted by atomic mass is 9.87. The summed E-state index contributed by atoms with van der Waals surface area (Å²) in [5.41, 5.74) is 3.57. The lowest BCUT2D eigenvalue weighted by Gasteiger charge is -2.19. The molecular formula is C19H25N3O. The van der Waals surface area contributed by atoms with Crippen molar-refractivity contribution in [3.8, 4) is 0 Å². The summed E-state index contributed by atoms with van der Waals surface area (Å²) >= 11 is 0. The molecule has 2 rings (SSSR count). The first-order valence-electron chi connectivity index (χ1n) is 7.83. The Morgan fingerprint density at radius 1 is 1.17 bits per heavy atom. The molecule has 4 heteroatoms. The summed E-state index contributed by atoms with van der Waals surface area (Å²) in [6.45, 7) is 11.0. The molecule has 0 bridgehead atoms. The molecule has 0 fully saturated rings. The normalized spacial score (nSPS) is 11.2. The second kappa shape index (κ2) is 6.82. The molecule has 1 heterocycles. The van der Waals surface area contributed by atoms with Crippen molar-refractivity contribution >= 4 is 11.7 Å². The molecule has 0 saturated carbocycles. The fraction of sp³-hybridized carbons (Fsp3) is 0.368. The predicted octanol–water partition coefficient (Wildman–Crippen LogP) is 4.13. The highest BCUT2D eigenvalue weighted by Gasteiger charge is 2.13. The van der Waals surface area contributed by atoms with Crippen LogP contribution in [0.3, 0.4) is 0 Å². The van der Waals surface area contributed by atoms with Crippen LogP contribution in [0.15, 0.2) is 48.2 Å². The molecule has 0 atom stereocenters. The largest absolute Gasteiger partial charge is 0.307 e. The summed E-state index contributed by atoms with van der Waals surface area (Å²) < 4.78 is 1.79. The van der Waals surface area contributed by atoms with E-state index in [0.29, 0.717) is 12.4 Å². The summed E-state index contributed by atoms with van der Waals surface area (Å²) in [6, 6.07) is 10.3. The van der Waals surface area contributed by atoms with Crippen molar-refractivity contribution in [1.29, 1.82) is 0 Å². The smallest absolute Gasteiger partial charge is 0.249 e. The van der Waals surface area contributed by atoms with Gasteiger partial charge in [0.1, 0.15) is 5.82 Å². The molecular weight excluding hydrogens is 286 g/mol. The van der Waals surface area contributed by atoms with Gasteiger partial charge < -0.3 is 5.32 Å². The number of aromatic nitrogens is 2. The minimum absolute atomic E-state index is 0.130. The van der Waals surface area contributed by atoms with Crippen molar-refractivity contribution in [2.75, 3.05) is 5.32 Å². The first-order valence-corrected chi connectivity index (χ1v) is 7.83. The molecule has 1 amide bonds. The Morgan fingerprint density at radius 2 is 1.83 bits per heavy atom. The third-order valence-electron chi connectivity index (χ3n) is 3.54. The highest BCUT2D eigenvalue weighted by molar-refractivity contribution is 5.99. The Morgan fingerprint density at radius 3 is 2.39 bits per heavy atom. The van der Waals surface area contributed by atoms with Crippen LogP contribution in [0.2, 0.25) is 0 Å². The van der Waals surface area contributed by atoms with E-state index in [1.165, 1.54) is 5.56 Å². The lowest BCUT2D eigenvalue weighted by molar-refractivity contribution is -0.112. The Labute approximate surface area is 138 Å². The predicted molar refractivity (Wildman–Crippen MR) is 94.5 cm³/mol. The maximum Gasteiger partial charge on any atom is 0.249 e. The number of rotatable bonds is 4. The van der Waals surface area contributed by atoms with Crippen LogP contribution >= 0.6 is 0 Å². The van der Waals surface area contributed by atoms with E-state index < -0.39 is 0 Å². The number of anilines is 1. The van der Waals surface area contributed by atoms with Gasteiger partial charge in [-0.3, -0.25) is 4.79 Å². The van der Waals surface area contributed by atoms with Gasteiger partial charge in [0.15, 0.2) is 0 Å². The number of carbonyl (C=O) groups excluding carboxylic acids is 1. The van der Waals surface area contributed by atoms with E-state index in [1.54, 1.807) is 23.0 Å². The van der Waals surface area contributed by atoms with Crippen molar-refractivity contribution in [2.45, 2.75) is 46.6 Å². The molecule has 122 valence electrons. The monoisotopic (exact) mass is 311 g/mol. The summed E-state index contributed by atoms with van der Waals surface area (Å²) in [5, 5.41) is 7.16. The molecule has 0 spiro atoms. The molecule has 0 aliphatic carbocycles. The first kappa shape index (κ1) is 17.0. The minimum atomic E-state index is -0.130. The van der Waals surface area contributed by atoms with Gasteiger partial charge in [-0.15, -0.1) is 0 Å². The Hall–Kier alpha value is -2.36. The molecule has 0 aliphatic rings. The summed E-state index contributed by atoms with van der Waals surface area (Å²) in [5.74, 6) is 0.572. The van der Waals surface area contributed by atoms with Gasteiger partial charge in [-0.05, 0) is 30.4 Å². The third-order valence-corrected chi connectivity index (χ3v) is 3.54. The molecule has 1 N–H and O–H groups in total. The van der Waals surface area contributed by atoms with Crippen LogP contribution in [0.5, 0.6) is 0 Å². The molecule has 4 nitrogen and oxygen atoms in total. The molecule has 1 aromatic carbocycles. The second-order valence-corrected chi connectivity index (χ2v) is 7.03. The number of allylic oxidation sites excluding steroid dienone is 1. The van der Waals surface area contributed by atoms with Gasteiger partial charge in [-0.1, -0.05) is 50.6 Å². The average molecular weight is 311 g/mol. The SMILES string of the molecule is CC(C)=CC(=O)Nc1ccnn1Cc1ccc(C(C)(C)C)cc1. The van der Waals surface area contributed by atoms with E-state index in [-0.39, 0.29) is 11.3 Å². The average Bonchev–Trinajstić information content (AvgIpc) is 2.84. The number of hydrogen-bond donors (Lipinski definition) is 1. The Balaban J connectivity index is 2.11. The van der Waals surface area contributed by atoms with Gasteiger partial charge in [-0.2, -0.15) is 5.10 Å². The maximum absolute atomic E-state index is 11.9. The molecule has 1 aromatic heterocycles. The van der Waals surface area contributed by atoms with E-state index >= 15 is 0 Å². The van der Waals surface area contributed by atoms with Gasteiger partial charge in [0.05, 0.1) is 12.7 Å². The van der Waals surface area contributed by atoms with Gasteiger partial charge in [-0.25, -0.2) is 4.68 Å². The Kier molecular flexibility index (Phi) is 5.04. The first-order chi connectivity index (χ1) is 10.8. The van der Waals surface area contributed by atoms with Crippen LogP contribution in [0.1, 0.15) is 45.7 Å². The van der Waals surface area contributed by atoms with Crippen LogP contribution < -0.4 is 5.32 Å². The van der Waals surface area contributed by atoms with Crippen LogP contribution in [-0.2, 0) is 16.8 Å². The minimum Gasteiger partial charge on any atom is -0.307 e. The zero-order valence-corrected chi connectivity index (χ0v) is 14.6. The zero-order chi connectivity index (χ0) is 17.0. The number of hydrogen-bond acceptors (Lipinski definition) is 2. The van der Waals surface area contributed by atoms with E-state index in [0.717, 1.165) is 11.1 Å². The van der Waals surface area contributed by atoms with Gasteiger partial charge in [0.25, 0.3) is 0 Å². The molecule has 0 unspecified atom stereocenters. The number of nitrogens with zero attached hydrogens (tertiary/aromatic N) is 2. The van der Waals surface area contributed by atoms with E-state index in [1.807, 2.05) is 13.8 Å². The van der Waals surface area contributed by atoms with Crippen LogP contribution in [0.25, 0.3) is 0 Å². The standard InChI is InChI=1S/C19H25N3O/c1-14(2)12-18(23)21-17-10-11-20-22(17)13-15-6-8-16(9-7-15)19(3,4)5/h6-12H,13H2,1-5H3,(H,21,23). The topological polar surface area (TPSA) is 46.9 Å². The maximum atomic E-state index is 11.9. The van der Waals surface area contributed by atoms with Gasteiger partial charge >= 0.3 is 0 Å². The number of benzene rings is 1.